The summed E-state index contributed by atoms with van der Waals surface area (Å²) in [6, 6.07) is 5.16. The molecule has 0 aliphatic heterocycles. The van der Waals surface area contributed by atoms with Crippen molar-refractivity contribution >= 4 is 11.7 Å². The van der Waals surface area contributed by atoms with Crippen molar-refractivity contribution in [3.63, 3.8) is 0 Å². The number of benzene rings is 1. The molecule has 4 heteroatoms. The molecule has 4 nitrogen and oxygen atoms in total. The summed E-state index contributed by atoms with van der Waals surface area (Å²) >= 11 is 0. The van der Waals surface area contributed by atoms with Crippen LogP contribution in [0.2, 0.25) is 0 Å². The number of carboxylic acids is 1. The number of nitrogens with zero attached hydrogens (tertiary/aromatic N) is 1. The molecule has 0 bridgehead atoms. The summed E-state index contributed by atoms with van der Waals surface area (Å²) in [4.78, 5) is 10.5. The number of hydrogen-bond acceptors (Lipinski definition) is 3. The molecule has 0 unspecified atom stereocenters. The van der Waals surface area contributed by atoms with E-state index in [1.165, 1.54) is 6.07 Å². The van der Waals surface area contributed by atoms with Crippen LogP contribution in [0.3, 0.4) is 0 Å². The summed E-state index contributed by atoms with van der Waals surface area (Å²) in [6.45, 7) is 1.74. The fraction of sp³-hybridized carbons (Fsp3) is 0.200. The molecule has 0 aromatic heterocycles. The molecule has 0 saturated carbocycles. The van der Waals surface area contributed by atoms with Crippen molar-refractivity contribution in [3.8, 4) is 6.07 Å². The molecule has 1 rings (SSSR count). The van der Waals surface area contributed by atoms with Gasteiger partial charge in [0.1, 0.15) is 0 Å². The number of anilines is 1. The lowest BCUT2D eigenvalue weighted by Gasteiger charge is -2.05. The van der Waals surface area contributed by atoms with Gasteiger partial charge in [0.2, 0.25) is 0 Å². The van der Waals surface area contributed by atoms with E-state index in [2.05, 4.69) is 0 Å². The Hall–Kier alpha value is -2.02. The Morgan fingerprint density at radius 3 is 2.79 bits per heavy atom. The van der Waals surface area contributed by atoms with Crippen molar-refractivity contribution in [3.05, 3.63) is 28.8 Å². The number of rotatable bonds is 2. The van der Waals surface area contributed by atoms with Gasteiger partial charge in [-0.05, 0) is 30.2 Å². The third-order valence-corrected chi connectivity index (χ3v) is 1.89. The number of nitrogen functional groups attached to an aromatic ring is 1. The number of aliphatic carboxylic acids is 1. The molecule has 0 spiro atoms. The van der Waals surface area contributed by atoms with Gasteiger partial charge < -0.3 is 10.8 Å². The molecule has 3 N–H and O–H groups in total. The van der Waals surface area contributed by atoms with Crippen LogP contribution < -0.4 is 5.73 Å². The Morgan fingerprint density at radius 2 is 2.29 bits per heavy atom. The number of nitriles is 1. The van der Waals surface area contributed by atoms with E-state index in [1.54, 1.807) is 13.0 Å². The summed E-state index contributed by atoms with van der Waals surface area (Å²) < 4.78 is 0. The highest BCUT2D eigenvalue weighted by Crippen LogP contribution is 2.18. The molecule has 0 heterocycles. The molecule has 0 saturated heterocycles. The molecule has 14 heavy (non-hydrogen) atoms. The predicted octanol–water partition coefficient (Wildman–Crippen LogP) is 1.08. The van der Waals surface area contributed by atoms with Crippen LogP contribution in [-0.2, 0) is 11.2 Å². The van der Waals surface area contributed by atoms with E-state index < -0.39 is 5.97 Å². The molecule has 0 aliphatic rings. The molecule has 0 amide bonds. The summed E-state index contributed by atoms with van der Waals surface area (Å²) in [7, 11) is 0. The second-order valence-electron chi connectivity index (χ2n) is 3.05. The van der Waals surface area contributed by atoms with Gasteiger partial charge in [-0.2, -0.15) is 5.26 Å². The van der Waals surface area contributed by atoms with Gasteiger partial charge in [-0.25, -0.2) is 0 Å². The van der Waals surface area contributed by atoms with Gasteiger partial charge in [0.25, 0.3) is 0 Å². The van der Waals surface area contributed by atoms with Crippen molar-refractivity contribution in [2.75, 3.05) is 5.73 Å². The largest absolute Gasteiger partial charge is 0.481 e. The first-order chi connectivity index (χ1) is 6.54. The maximum atomic E-state index is 10.5. The summed E-state index contributed by atoms with van der Waals surface area (Å²) in [6.07, 6.45) is -0.172. The minimum atomic E-state index is -0.966. The van der Waals surface area contributed by atoms with Crippen LogP contribution in [0.4, 0.5) is 5.69 Å². The van der Waals surface area contributed by atoms with Crippen LogP contribution in [0, 0.1) is 18.3 Å². The summed E-state index contributed by atoms with van der Waals surface area (Å²) in [5.74, 6) is -0.966. The van der Waals surface area contributed by atoms with Crippen LogP contribution in [-0.4, -0.2) is 11.1 Å². The quantitative estimate of drug-likeness (QED) is 0.683. The molecular weight excluding hydrogens is 180 g/mol. The molecular formula is C10H10N2O2. The van der Waals surface area contributed by atoms with Gasteiger partial charge >= 0.3 is 5.97 Å². The molecule has 0 fully saturated rings. The Bertz CT molecular complexity index is 419. The first-order valence-electron chi connectivity index (χ1n) is 4.05. The molecule has 0 atom stereocenters. The Kier molecular flexibility index (Phi) is 2.73. The van der Waals surface area contributed by atoms with Crippen LogP contribution in [0.25, 0.3) is 0 Å². The molecule has 1 aromatic carbocycles. The predicted molar refractivity (Wildman–Crippen MR) is 51.6 cm³/mol. The van der Waals surface area contributed by atoms with Gasteiger partial charge in [-0.15, -0.1) is 0 Å². The second kappa shape index (κ2) is 3.79. The zero-order valence-corrected chi connectivity index (χ0v) is 7.74. The van der Waals surface area contributed by atoms with Crippen molar-refractivity contribution in [2.24, 2.45) is 0 Å². The van der Waals surface area contributed by atoms with E-state index in [0.29, 0.717) is 22.4 Å². The maximum absolute atomic E-state index is 10.5. The standard InChI is InChI=1S/C10H10N2O2/c1-6-2-8(12)3-7(4-10(13)14)9(6)5-11/h2-3H,4,12H2,1H3,(H,13,14). The number of hydrogen-bond donors (Lipinski definition) is 2. The van der Waals surface area contributed by atoms with E-state index >= 15 is 0 Å². The first-order valence-corrected chi connectivity index (χ1v) is 4.05. The highest BCUT2D eigenvalue weighted by Gasteiger charge is 2.09. The van der Waals surface area contributed by atoms with Gasteiger partial charge in [0.05, 0.1) is 18.1 Å². The molecule has 72 valence electrons. The van der Waals surface area contributed by atoms with E-state index in [1.807, 2.05) is 6.07 Å². The first kappa shape index (κ1) is 10.1. The lowest BCUT2D eigenvalue weighted by atomic mass is 10.00. The zero-order chi connectivity index (χ0) is 10.7. The topological polar surface area (TPSA) is 87.1 Å². The van der Waals surface area contributed by atoms with Crippen molar-refractivity contribution in [2.45, 2.75) is 13.3 Å². The van der Waals surface area contributed by atoms with Crippen LogP contribution in [0.5, 0.6) is 0 Å². The third-order valence-electron chi connectivity index (χ3n) is 1.89. The average molecular weight is 190 g/mol. The summed E-state index contributed by atoms with van der Waals surface area (Å²) in [5.41, 5.74) is 7.63. The SMILES string of the molecule is Cc1cc(N)cc(CC(=O)O)c1C#N. The van der Waals surface area contributed by atoms with Gasteiger partial charge in [-0.1, -0.05) is 0 Å². The van der Waals surface area contributed by atoms with E-state index in [4.69, 9.17) is 16.1 Å². The maximum Gasteiger partial charge on any atom is 0.307 e. The number of carbonyl (C=O) groups is 1. The minimum Gasteiger partial charge on any atom is -0.481 e. The number of nitrogens with two attached hydrogens (primary N) is 1. The Labute approximate surface area is 81.6 Å². The number of aryl methyl sites for hydroxylation is 1. The lowest BCUT2D eigenvalue weighted by Crippen LogP contribution is -2.04. The molecule has 0 radical (unpaired) electrons. The van der Waals surface area contributed by atoms with E-state index in [0.717, 1.165) is 0 Å². The zero-order valence-electron chi connectivity index (χ0n) is 7.74. The van der Waals surface area contributed by atoms with Gasteiger partial charge in [0, 0.05) is 5.69 Å². The highest BCUT2D eigenvalue weighted by atomic mass is 16.4. The molecule has 0 aliphatic carbocycles. The lowest BCUT2D eigenvalue weighted by molar-refractivity contribution is -0.136. The smallest absolute Gasteiger partial charge is 0.307 e. The van der Waals surface area contributed by atoms with Crippen molar-refractivity contribution in [1.29, 1.82) is 5.26 Å². The third kappa shape index (κ3) is 2.02. The highest BCUT2D eigenvalue weighted by molar-refractivity contribution is 5.72. The van der Waals surface area contributed by atoms with Crippen molar-refractivity contribution in [1.82, 2.24) is 0 Å². The molecule has 1 aromatic rings. The number of carboxylic acid groups (broad SMARTS) is 1. The normalized spacial score (nSPS) is 9.43. The van der Waals surface area contributed by atoms with Crippen LogP contribution >= 0.6 is 0 Å². The fourth-order valence-electron chi connectivity index (χ4n) is 1.35. The van der Waals surface area contributed by atoms with Gasteiger partial charge in [-0.3, -0.25) is 4.79 Å². The Balaban J connectivity index is 3.26. The van der Waals surface area contributed by atoms with Crippen molar-refractivity contribution < 1.29 is 9.90 Å². The monoisotopic (exact) mass is 190 g/mol. The van der Waals surface area contributed by atoms with E-state index in [9.17, 15) is 4.79 Å². The average Bonchev–Trinajstić information content (AvgIpc) is 2.01. The van der Waals surface area contributed by atoms with Gasteiger partial charge in [0.15, 0.2) is 0 Å². The van der Waals surface area contributed by atoms with E-state index in [-0.39, 0.29) is 6.42 Å². The van der Waals surface area contributed by atoms with Crippen LogP contribution in [0.1, 0.15) is 16.7 Å². The minimum absolute atomic E-state index is 0.172. The second-order valence-corrected chi connectivity index (χ2v) is 3.05. The summed E-state index contributed by atoms with van der Waals surface area (Å²) in [5, 5.41) is 17.4. The fourth-order valence-corrected chi connectivity index (χ4v) is 1.35. The van der Waals surface area contributed by atoms with Crippen LogP contribution in [0.15, 0.2) is 12.1 Å². The Morgan fingerprint density at radius 1 is 1.64 bits per heavy atom.